The van der Waals surface area contributed by atoms with Crippen molar-refractivity contribution in [3.63, 3.8) is 0 Å². The first-order valence-corrected chi connectivity index (χ1v) is 3.86. The fraction of sp³-hybridized carbons (Fsp3) is 0.333. The molecular weight excluding hydrogens is 136 g/mol. The number of benzene rings is 1. The van der Waals surface area contributed by atoms with Crippen molar-refractivity contribution in [2.24, 2.45) is 0 Å². The predicted octanol–water partition coefficient (Wildman–Crippen LogP) is 1.18. The highest BCUT2D eigenvalue weighted by atomic mass is 14.9. The van der Waals surface area contributed by atoms with Crippen LogP contribution < -0.4 is 11.1 Å². The summed E-state index contributed by atoms with van der Waals surface area (Å²) in [6.07, 6.45) is 0. The van der Waals surface area contributed by atoms with Gasteiger partial charge in [0.15, 0.2) is 0 Å². The molecule has 0 spiro atoms. The van der Waals surface area contributed by atoms with Gasteiger partial charge in [0, 0.05) is 18.8 Å². The van der Waals surface area contributed by atoms with Gasteiger partial charge in [0.1, 0.15) is 0 Å². The van der Waals surface area contributed by atoms with Gasteiger partial charge in [-0.2, -0.15) is 0 Å². The van der Waals surface area contributed by atoms with E-state index in [1.165, 1.54) is 16.7 Å². The van der Waals surface area contributed by atoms with E-state index in [0.29, 0.717) is 0 Å². The van der Waals surface area contributed by atoms with E-state index in [1.807, 2.05) is 6.07 Å². The first-order valence-electron chi connectivity index (χ1n) is 3.86. The van der Waals surface area contributed by atoms with E-state index in [4.69, 9.17) is 5.73 Å². The summed E-state index contributed by atoms with van der Waals surface area (Å²) < 4.78 is 0. The van der Waals surface area contributed by atoms with Crippen LogP contribution in [0.5, 0.6) is 0 Å². The summed E-state index contributed by atoms with van der Waals surface area (Å²) in [5.41, 5.74) is 10.7. The zero-order valence-corrected chi connectivity index (χ0v) is 6.65. The van der Waals surface area contributed by atoms with E-state index in [1.54, 1.807) is 0 Å². The van der Waals surface area contributed by atoms with Gasteiger partial charge in [0.2, 0.25) is 0 Å². The zero-order valence-electron chi connectivity index (χ0n) is 6.65. The molecule has 0 aromatic heterocycles. The molecule has 2 heteroatoms. The molecule has 0 fully saturated rings. The molecule has 0 bridgehead atoms. The van der Waals surface area contributed by atoms with Crippen molar-refractivity contribution in [2.45, 2.75) is 20.0 Å². The molecule has 11 heavy (non-hydrogen) atoms. The lowest BCUT2D eigenvalue weighted by Gasteiger charge is -2.03. The number of nitrogens with one attached hydrogen (secondary N) is 1. The van der Waals surface area contributed by atoms with Crippen molar-refractivity contribution in [3.05, 3.63) is 28.8 Å². The summed E-state index contributed by atoms with van der Waals surface area (Å²) in [4.78, 5) is 0. The van der Waals surface area contributed by atoms with Gasteiger partial charge in [-0.3, -0.25) is 0 Å². The van der Waals surface area contributed by atoms with Gasteiger partial charge in [0.25, 0.3) is 0 Å². The average molecular weight is 148 g/mol. The van der Waals surface area contributed by atoms with Crippen molar-refractivity contribution in [1.82, 2.24) is 5.32 Å². The molecule has 1 aromatic rings. The number of hydrogen-bond donors (Lipinski definition) is 2. The summed E-state index contributed by atoms with van der Waals surface area (Å²) >= 11 is 0. The van der Waals surface area contributed by atoms with Crippen molar-refractivity contribution in [2.75, 3.05) is 5.73 Å². The van der Waals surface area contributed by atoms with Crippen LogP contribution in [0.1, 0.15) is 16.7 Å². The number of nitrogen functional groups attached to an aromatic ring is 1. The molecule has 0 aliphatic carbocycles. The molecule has 0 atom stereocenters. The fourth-order valence-electron chi connectivity index (χ4n) is 1.62. The molecule has 2 rings (SSSR count). The Morgan fingerprint density at radius 1 is 1.36 bits per heavy atom. The Balaban J connectivity index is 2.60. The molecule has 0 radical (unpaired) electrons. The van der Waals surface area contributed by atoms with Gasteiger partial charge in [-0.25, -0.2) is 0 Å². The highest BCUT2D eigenvalue weighted by molar-refractivity contribution is 5.54. The number of fused-ring (bicyclic) bond motifs is 1. The van der Waals surface area contributed by atoms with E-state index >= 15 is 0 Å². The van der Waals surface area contributed by atoms with E-state index in [0.717, 1.165) is 18.8 Å². The van der Waals surface area contributed by atoms with Crippen LogP contribution in [0.15, 0.2) is 12.1 Å². The lowest BCUT2D eigenvalue weighted by atomic mass is 10.1. The Morgan fingerprint density at radius 3 is 3.00 bits per heavy atom. The van der Waals surface area contributed by atoms with Crippen molar-refractivity contribution < 1.29 is 0 Å². The first-order chi connectivity index (χ1) is 5.27. The number of hydrogen-bond acceptors (Lipinski definition) is 2. The van der Waals surface area contributed by atoms with Crippen LogP contribution in [-0.4, -0.2) is 0 Å². The van der Waals surface area contributed by atoms with E-state index in [9.17, 15) is 0 Å². The van der Waals surface area contributed by atoms with E-state index in [2.05, 4.69) is 18.3 Å². The molecule has 58 valence electrons. The first kappa shape index (κ1) is 6.68. The normalized spacial score (nSPS) is 15.0. The maximum absolute atomic E-state index is 5.83. The van der Waals surface area contributed by atoms with Crippen LogP contribution in [-0.2, 0) is 13.1 Å². The second-order valence-electron chi connectivity index (χ2n) is 3.10. The minimum Gasteiger partial charge on any atom is -0.398 e. The number of rotatable bonds is 0. The molecule has 1 aromatic carbocycles. The van der Waals surface area contributed by atoms with Crippen molar-refractivity contribution in [1.29, 1.82) is 0 Å². The Hall–Kier alpha value is -1.02. The van der Waals surface area contributed by atoms with Crippen LogP contribution in [0.4, 0.5) is 5.69 Å². The molecule has 2 nitrogen and oxygen atoms in total. The van der Waals surface area contributed by atoms with Gasteiger partial charge in [-0.1, -0.05) is 6.07 Å². The molecular formula is C9H12N2. The summed E-state index contributed by atoms with van der Waals surface area (Å²) in [7, 11) is 0. The maximum Gasteiger partial charge on any atom is 0.0365 e. The monoisotopic (exact) mass is 148 g/mol. The smallest absolute Gasteiger partial charge is 0.0365 e. The van der Waals surface area contributed by atoms with Gasteiger partial charge in [-0.05, 0) is 29.7 Å². The number of aryl methyl sites for hydroxylation is 1. The second-order valence-corrected chi connectivity index (χ2v) is 3.10. The largest absolute Gasteiger partial charge is 0.398 e. The van der Waals surface area contributed by atoms with Crippen LogP contribution in [0, 0.1) is 6.92 Å². The summed E-state index contributed by atoms with van der Waals surface area (Å²) in [5.74, 6) is 0. The molecule has 0 saturated heterocycles. The Morgan fingerprint density at radius 2 is 2.18 bits per heavy atom. The van der Waals surface area contributed by atoms with Crippen LogP contribution in [0.2, 0.25) is 0 Å². The molecule has 1 aliphatic heterocycles. The van der Waals surface area contributed by atoms with Crippen LogP contribution >= 0.6 is 0 Å². The Labute approximate surface area is 66.4 Å². The van der Waals surface area contributed by atoms with Gasteiger partial charge >= 0.3 is 0 Å². The van der Waals surface area contributed by atoms with Crippen LogP contribution in [0.25, 0.3) is 0 Å². The zero-order chi connectivity index (χ0) is 7.84. The Kier molecular flexibility index (Phi) is 1.36. The van der Waals surface area contributed by atoms with Gasteiger partial charge in [0.05, 0.1) is 0 Å². The standard InChI is InChI=1S/C9H12N2/c1-6-2-7-4-11-5-8(7)9(10)3-6/h2-3,11H,4-5,10H2,1H3. The topological polar surface area (TPSA) is 38.0 Å². The predicted molar refractivity (Wildman–Crippen MR) is 46.1 cm³/mol. The quantitative estimate of drug-likeness (QED) is 0.542. The van der Waals surface area contributed by atoms with Gasteiger partial charge in [-0.15, -0.1) is 0 Å². The lowest BCUT2D eigenvalue weighted by molar-refractivity contribution is 0.765. The van der Waals surface area contributed by atoms with Gasteiger partial charge < -0.3 is 11.1 Å². The SMILES string of the molecule is Cc1cc(N)c2c(c1)CNC2. The van der Waals surface area contributed by atoms with Crippen LogP contribution in [0.3, 0.4) is 0 Å². The molecule has 1 aliphatic rings. The molecule has 0 unspecified atom stereocenters. The third kappa shape index (κ3) is 0.994. The molecule has 3 N–H and O–H groups in total. The Bertz CT molecular complexity index is 292. The summed E-state index contributed by atoms with van der Waals surface area (Å²) in [5, 5.41) is 3.28. The third-order valence-corrected chi connectivity index (χ3v) is 2.14. The maximum atomic E-state index is 5.83. The second kappa shape index (κ2) is 2.24. The van der Waals surface area contributed by atoms with Crippen molar-refractivity contribution in [3.8, 4) is 0 Å². The third-order valence-electron chi connectivity index (χ3n) is 2.14. The lowest BCUT2D eigenvalue weighted by Crippen LogP contribution is -2.00. The number of nitrogens with two attached hydrogens (primary N) is 1. The minimum atomic E-state index is 0.932. The minimum absolute atomic E-state index is 0.932. The number of anilines is 1. The average Bonchev–Trinajstić information content (AvgIpc) is 2.34. The molecule has 0 saturated carbocycles. The fourth-order valence-corrected chi connectivity index (χ4v) is 1.62. The molecule has 0 amide bonds. The highest BCUT2D eigenvalue weighted by Gasteiger charge is 2.12. The van der Waals surface area contributed by atoms with E-state index < -0.39 is 0 Å². The van der Waals surface area contributed by atoms with E-state index in [-0.39, 0.29) is 0 Å². The summed E-state index contributed by atoms with van der Waals surface area (Å²) in [6.45, 7) is 3.98. The highest BCUT2D eigenvalue weighted by Crippen LogP contribution is 2.23. The molecule has 1 heterocycles. The van der Waals surface area contributed by atoms with Crippen molar-refractivity contribution >= 4 is 5.69 Å². The summed E-state index contributed by atoms with van der Waals surface area (Å²) in [6, 6.07) is 4.23.